The number of likely N-dealkylation sites (tertiary alicyclic amines) is 1. The second-order valence-electron chi connectivity index (χ2n) is 7.17. The van der Waals surface area contributed by atoms with Crippen molar-refractivity contribution in [2.24, 2.45) is 17.8 Å². The molecule has 0 radical (unpaired) electrons. The summed E-state index contributed by atoms with van der Waals surface area (Å²) < 4.78 is 11.9. The second-order valence-corrected chi connectivity index (χ2v) is 7.17. The Morgan fingerprint density at radius 2 is 1.65 bits per heavy atom. The lowest BCUT2D eigenvalue weighted by atomic mass is 9.83. The zero-order valence-corrected chi connectivity index (χ0v) is 14.4. The molecule has 0 bridgehead atoms. The molecular weight excluding hydrogens is 287 g/mol. The van der Waals surface area contributed by atoms with Crippen LogP contribution in [0, 0.1) is 34.9 Å². The summed E-state index contributed by atoms with van der Waals surface area (Å²) in [7, 11) is 0. The third kappa shape index (κ3) is 5.62. The molecule has 2 fully saturated rings. The van der Waals surface area contributed by atoms with Crippen LogP contribution < -0.4 is 0 Å². The van der Waals surface area contributed by atoms with Crippen molar-refractivity contribution in [1.29, 1.82) is 5.26 Å². The summed E-state index contributed by atoms with van der Waals surface area (Å²) in [5.74, 6) is 1.91. The highest BCUT2D eigenvalue weighted by Gasteiger charge is 2.30. The molecule has 2 aliphatic rings. The molecule has 1 aromatic rings. The van der Waals surface area contributed by atoms with Crippen molar-refractivity contribution >= 4 is 0 Å². The number of nitriles is 1. The van der Waals surface area contributed by atoms with Gasteiger partial charge in [0.15, 0.2) is 0 Å². The van der Waals surface area contributed by atoms with Crippen LogP contribution in [0.15, 0.2) is 30.3 Å². The van der Waals surface area contributed by atoms with Gasteiger partial charge in [-0.25, -0.2) is 4.39 Å². The topological polar surface area (TPSA) is 27.0 Å². The largest absolute Gasteiger partial charge is 0.300 e. The minimum Gasteiger partial charge on any atom is -0.300 e. The molecule has 2 nitrogen and oxygen atoms in total. The van der Waals surface area contributed by atoms with E-state index in [1.165, 1.54) is 44.5 Å². The van der Waals surface area contributed by atoms with Gasteiger partial charge in [-0.3, -0.25) is 0 Å². The molecule has 0 amide bonds. The summed E-state index contributed by atoms with van der Waals surface area (Å²) in [5.41, 5.74) is 0. The monoisotopic (exact) mass is 316 g/mol. The average Bonchev–Trinajstić information content (AvgIpc) is 2.59. The minimum atomic E-state index is -0.178. The van der Waals surface area contributed by atoms with Gasteiger partial charge >= 0.3 is 0 Å². The predicted molar refractivity (Wildman–Crippen MR) is 92.3 cm³/mol. The molecule has 1 aliphatic heterocycles. The van der Waals surface area contributed by atoms with Gasteiger partial charge in [0.2, 0.25) is 0 Å². The average molecular weight is 316 g/mol. The van der Waals surface area contributed by atoms with E-state index < -0.39 is 0 Å². The van der Waals surface area contributed by atoms with E-state index in [0.717, 1.165) is 30.7 Å². The number of hydrogen-bond acceptors (Lipinski definition) is 2. The first-order valence-electron chi connectivity index (χ1n) is 8.94. The molecule has 2 atom stereocenters. The first-order valence-corrected chi connectivity index (χ1v) is 8.94. The number of benzene rings is 1. The number of nitrogens with zero attached hydrogens (tertiary/aromatic N) is 2. The van der Waals surface area contributed by atoms with E-state index in [9.17, 15) is 4.39 Å². The summed E-state index contributed by atoms with van der Waals surface area (Å²) in [4.78, 5) is 2.69. The predicted octanol–water partition coefficient (Wildman–Crippen LogP) is 4.87. The molecule has 1 aromatic carbocycles. The van der Waals surface area contributed by atoms with Gasteiger partial charge in [-0.1, -0.05) is 32.0 Å². The molecule has 1 unspecified atom stereocenters. The highest BCUT2D eigenvalue weighted by Crippen LogP contribution is 2.31. The third-order valence-electron chi connectivity index (χ3n) is 5.49. The lowest BCUT2D eigenvalue weighted by Crippen LogP contribution is -2.45. The second kappa shape index (κ2) is 9.03. The Balaban J connectivity index is 0.000000229. The minimum absolute atomic E-state index is 0.178. The number of rotatable bonds is 1. The van der Waals surface area contributed by atoms with Crippen LogP contribution in [0.4, 0.5) is 4.39 Å². The highest BCUT2D eigenvalue weighted by molar-refractivity contribution is 5.02. The van der Waals surface area contributed by atoms with Crippen molar-refractivity contribution in [2.75, 3.05) is 13.1 Å². The Labute approximate surface area is 140 Å². The quantitative estimate of drug-likeness (QED) is 0.739. The summed E-state index contributed by atoms with van der Waals surface area (Å²) in [6.45, 7) is 7.34. The van der Waals surface area contributed by atoms with E-state index in [4.69, 9.17) is 5.26 Å². The van der Waals surface area contributed by atoms with E-state index in [1.54, 1.807) is 18.2 Å². The van der Waals surface area contributed by atoms with Gasteiger partial charge in [0, 0.05) is 18.5 Å². The maximum absolute atomic E-state index is 11.9. The smallest absolute Gasteiger partial charge is 0.123 e. The van der Waals surface area contributed by atoms with E-state index in [0.29, 0.717) is 5.92 Å². The maximum atomic E-state index is 11.9. The van der Waals surface area contributed by atoms with E-state index in [-0.39, 0.29) is 5.82 Å². The van der Waals surface area contributed by atoms with E-state index in [1.807, 2.05) is 0 Å². The Hall–Kier alpha value is -1.40. The molecule has 0 N–H and O–H groups in total. The third-order valence-corrected chi connectivity index (χ3v) is 5.49. The summed E-state index contributed by atoms with van der Waals surface area (Å²) >= 11 is 0. The van der Waals surface area contributed by atoms with Gasteiger partial charge in [0.1, 0.15) is 5.82 Å². The molecule has 3 heteroatoms. The molecule has 1 saturated carbocycles. The Kier molecular flexibility index (Phi) is 7.05. The molecule has 0 aromatic heterocycles. The molecule has 126 valence electrons. The maximum Gasteiger partial charge on any atom is 0.123 e. The molecule has 0 spiro atoms. The number of piperidine rings is 1. The van der Waals surface area contributed by atoms with Crippen molar-refractivity contribution in [2.45, 2.75) is 52.0 Å². The molecule has 1 aliphatic carbocycles. The van der Waals surface area contributed by atoms with Crippen molar-refractivity contribution < 1.29 is 4.39 Å². The van der Waals surface area contributed by atoms with Gasteiger partial charge < -0.3 is 4.90 Å². The molecular formula is C20H29FN2. The molecule has 1 heterocycles. The van der Waals surface area contributed by atoms with E-state index >= 15 is 0 Å². The van der Waals surface area contributed by atoms with Crippen molar-refractivity contribution in [1.82, 2.24) is 4.90 Å². The van der Waals surface area contributed by atoms with Crippen LogP contribution in [-0.4, -0.2) is 24.0 Å². The van der Waals surface area contributed by atoms with Gasteiger partial charge in [-0.05, 0) is 62.6 Å². The van der Waals surface area contributed by atoms with Crippen LogP contribution >= 0.6 is 0 Å². The van der Waals surface area contributed by atoms with Crippen LogP contribution in [0.25, 0.3) is 0 Å². The molecule has 23 heavy (non-hydrogen) atoms. The number of hydrogen-bond donors (Lipinski definition) is 0. The summed E-state index contributed by atoms with van der Waals surface area (Å²) in [5, 5.41) is 8.90. The van der Waals surface area contributed by atoms with Crippen LogP contribution in [0.3, 0.4) is 0 Å². The Bertz CT molecular complexity index is 488. The van der Waals surface area contributed by atoms with Crippen LogP contribution in [0.5, 0.6) is 0 Å². The standard InChI is InChI=1S/C14H24N2.C6H5F/c1-11-7-8-16(10-12(11)2)14-5-3-13(9-15)4-6-14;7-6-4-2-1-3-5-6/h11-14H,3-8,10H2,1-2H3;1-5H/t11?,12-,13?,14?;/m1./s1. The van der Waals surface area contributed by atoms with Gasteiger partial charge in [0.05, 0.1) is 6.07 Å². The van der Waals surface area contributed by atoms with Crippen molar-refractivity contribution in [3.05, 3.63) is 36.1 Å². The van der Waals surface area contributed by atoms with Gasteiger partial charge in [0.25, 0.3) is 0 Å². The zero-order valence-electron chi connectivity index (χ0n) is 14.4. The van der Waals surface area contributed by atoms with Crippen molar-refractivity contribution in [3.63, 3.8) is 0 Å². The highest BCUT2D eigenvalue weighted by atomic mass is 19.1. The SMILES string of the molecule is CC1CCN(C2CCC(C#N)CC2)C[C@H]1C.Fc1ccccc1. The van der Waals surface area contributed by atoms with Crippen LogP contribution in [0.2, 0.25) is 0 Å². The number of halogens is 1. The van der Waals surface area contributed by atoms with Gasteiger partial charge in [-0.15, -0.1) is 0 Å². The fourth-order valence-electron chi connectivity index (χ4n) is 3.61. The molecule has 1 saturated heterocycles. The molecule has 3 rings (SSSR count). The van der Waals surface area contributed by atoms with Crippen LogP contribution in [-0.2, 0) is 0 Å². The fraction of sp³-hybridized carbons (Fsp3) is 0.650. The zero-order chi connectivity index (χ0) is 16.7. The summed E-state index contributed by atoms with van der Waals surface area (Å²) in [6.07, 6.45) is 6.11. The Morgan fingerprint density at radius 3 is 2.13 bits per heavy atom. The lowest BCUT2D eigenvalue weighted by Gasteiger charge is -2.42. The summed E-state index contributed by atoms with van der Waals surface area (Å²) in [6, 6.07) is 11.1. The van der Waals surface area contributed by atoms with Crippen LogP contribution in [0.1, 0.15) is 46.0 Å². The van der Waals surface area contributed by atoms with Crippen molar-refractivity contribution in [3.8, 4) is 6.07 Å². The first kappa shape index (κ1) is 17.9. The first-order chi connectivity index (χ1) is 11.1. The van der Waals surface area contributed by atoms with E-state index in [2.05, 4.69) is 24.8 Å². The normalized spacial score (nSPS) is 31.6. The lowest BCUT2D eigenvalue weighted by molar-refractivity contribution is 0.0720. The Morgan fingerprint density at radius 1 is 1.00 bits per heavy atom. The van der Waals surface area contributed by atoms with Gasteiger partial charge in [-0.2, -0.15) is 5.26 Å². The fourth-order valence-corrected chi connectivity index (χ4v) is 3.61.